The molecule has 82 valence electrons. The lowest BCUT2D eigenvalue weighted by Gasteiger charge is -2.12. The van der Waals surface area contributed by atoms with Gasteiger partial charge >= 0.3 is 5.97 Å². The maximum absolute atomic E-state index is 12.6. The van der Waals surface area contributed by atoms with Crippen LogP contribution >= 0.6 is 0 Å². The smallest absolute Gasteiger partial charge is 0.316 e. The van der Waals surface area contributed by atoms with Gasteiger partial charge in [0, 0.05) is 6.54 Å². The topological polar surface area (TPSA) is 65.2 Å². The first-order valence-electron chi connectivity index (χ1n) is 4.67. The standard InChI is InChI=1S/C10H13FN2O2/c1-2-15-10(14)8(5-12)9-4-3-7(11)6-13-9/h3-4,6,8H,2,5,12H2,1H3. The van der Waals surface area contributed by atoms with Crippen LogP contribution in [0.3, 0.4) is 0 Å². The van der Waals surface area contributed by atoms with Crippen LogP contribution in [0.5, 0.6) is 0 Å². The molecular weight excluding hydrogens is 199 g/mol. The molecule has 1 aromatic rings. The summed E-state index contributed by atoms with van der Waals surface area (Å²) < 4.78 is 17.4. The number of ether oxygens (including phenoxy) is 1. The molecule has 0 saturated carbocycles. The molecule has 2 N–H and O–H groups in total. The van der Waals surface area contributed by atoms with Gasteiger partial charge in [-0.05, 0) is 19.1 Å². The molecule has 1 heterocycles. The van der Waals surface area contributed by atoms with Gasteiger partial charge in [-0.1, -0.05) is 0 Å². The van der Waals surface area contributed by atoms with Crippen molar-refractivity contribution in [1.82, 2.24) is 4.98 Å². The van der Waals surface area contributed by atoms with Crippen LogP contribution in [0.2, 0.25) is 0 Å². The molecule has 0 amide bonds. The molecule has 0 aliphatic rings. The number of nitrogens with zero attached hydrogens (tertiary/aromatic N) is 1. The Morgan fingerprint density at radius 3 is 2.87 bits per heavy atom. The second-order valence-corrected chi connectivity index (χ2v) is 2.94. The van der Waals surface area contributed by atoms with E-state index in [4.69, 9.17) is 10.5 Å². The number of rotatable bonds is 4. The van der Waals surface area contributed by atoms with E-state index in [1.165, 1.54) is 12.1 Å². The number of hydrogen-bond donors (Lipinski definition) is 1. The largest absolute Gasteiger partial charge is 0.465 e. The van der Waals surface area contributed by atoms with E-state index >= 15 is 0 Å². The quantitative estimate of drug-likeness (QED) is 0.750. The second-order valence-electron chi connectivity index (χ2n) is 2.94. The van der Waals surface area contributed by atoms with Crippen molar-refractivity contribution in [2.24, 2.45) is 5.73 Å². The second kappa shape index (κ2) is 5.41. The maximum Gasteiger partial charge on any atom is 0.316 e. The molecule has 4 nitrogen and oxygen atoms in total. The molecule has 0 aliphatic heterocycles. The number of halogens is 1. The SMILES string of the molecule is CCOC(=O)C(CN)c1ccc(F)cn1. The van der Waals surface area contributed by atoms with E-state index in [-0.39, 0.29) is 13.2 Å². The van der Waals surface area contributed by atoms with Crippen LogP contribution in [0.4, 0.5) is 4.39 Å². The van der Waals surface area contributed by atoms with Crippen molar-refractivity contribution in [3.05, 3.63) is 29.8 Å². The average molecular weight is 212 g/mol. The molecule has 0 radical (unpaired) electrons. The van der Waals surface area contributed by atoms with Crippen molar-refractivity contribution in [2.45, 2.75) is 12.8 Å². The van der Waals surface area contributed by atoms with Crippen molar-refractivity contribution < 1.29 is 13.9 Å². The van der Waals surface area contributed by atoms with Gasteiger partial charge in [0.05, 0.1) is 18.5 Å². The number of hydrogen-bond acceptors (Lipinski definition) is 4. The van der Waals surface area contributed by atoms with Crippen LogP contribution in [0.25, 0.3) is 0 Å². The first kappa shape index (κ1) is 11.6. The van der Waals surface area contributed by atoms with Crippen LogP contribution in [0.15, 0.2) is 18.3 Å². The molecule has 1 atom stereocenters. The Morgan fingerprint density at radius 1 is 1.67 bits per heavy atom. The van der Waals surface area contributed by atoms with Crippen molar-refractivity contribution >= 4 is 5.97 Å². The minimum absolute atomic E-state index is 0.0947. The number of carbonyl (C=O) groups excluding carboxylic acids is 1. The summed E-state index contributed by atoms with van der Waals surface area (Å²) in [6, 6.07) is 2.67. The third kappa shape index (κ3) is 2.99. The van der Waals surface area contributed by atoms with E-state index in [9.17, 15) is 9.18 Å². The Morgan fingerprint density at radius 2 is 2.40 bits per heavy atom. The van der Waals surface area contributed by atoms with Gasteiger partial charge in [0.25, 0.3) is 0 Å². The fourth-order valence-electron chi connectivity index (χ4n) is 1.17. The summed E-state index contributed by atoms with van der Waals surface area (Å²) in [4.78, 5) is 15.2. The lowest BCUT2D eigenvalue weighted by atomic mass is 10.1. The highest BCUT2D eigenvalue weighted by molar-refractivity contribution is 5.77. The van der Waals surface area contributed by atoms with Crippen molar-refractivity contribution in [2.75, 3.05) is 13.2 Å². The highest BCUT2D eigenvalue weighted by Crippen LogP contribution is 2.13. The Bertz CT molecular complexity index is 327. The average Bonchev–Trinajstić information content (AvgIpc) is 2.22. The van der Waals surface area contributed by atoms with Crippen LogP contribution in [0, 0.1) is 5.82 Å². The molecule has 0 aliphatic carbocycles. The van der Waals surface area contributed by atoms with Crippen LogP contribution < -0.4 is 5.73 Å². The third-order valence-electron chi connectivity index (χ3n) is 1.91. The molecule has 1 aromatic heterocycles. The molecule has 5 heteroatoms. The fraction of sp³-hybridized carbons (Fsp3) is 0.400. The Balaban J connectivity index is 2.82. The highest BCUT2D eigenvalue weighted by Gasteiger charge is 2.21. The Hall–Kier alpha value is -1.49. The number of carbonyl (C=O) groups is 1. The fourth-order valence-corrected chi connectivity index (χ4v) is 1.17. The van der Waals surface area contributed by atoms with Crippen LogP contribution in [-0.4, -0.2) is 24.1 Å². The zero-order valence-electron chi connectivity index (χ0n) is 8.44. The number of aromatic nitrogens is 1. The molecule has 1 rings (SSSR count). The zero-order valence-corrected chi connectivity index (χ0v) is 8.44. The molecule has 1 unspecified atom stereocenters. The molecule has 0 saturated heterocycles. The van der Waals surface area contributed by atoms with E-state index in [0.29, 0.717) is 5.69 Å². The van der Waals surface area contributed by atoms with Gasteiger partial charge in [-0.3, -0.25) is 9.78 Å². The van der Waals surface area contributed by atoms with Gasteiger partial charge in [0.2, 0.25) is 0 Å². The summed E-state index contributed by atoms with van der Waals surface area (Å²) in [7, 11) is 0. The van der Waals surface area contributed by atoms with Crippen LogP contribution in [-0.2, 0) is 9.53 Å². The summed E-state index contributed by atoms with van der Waals surface area (Å²) in [5.41, 5.74) is 5.87. The lowest BCUT2D eigenvalue weighted by Crippen LogP contribution is -2.24. The molecule has 0 aromatic carbocycles. The summed E-state index contributed by atoms with van der Waals surface area (Å²) in [6.07, 6.45) is 1.05. The molecule has 0 fully saturated rings. The molecule has 15 heavy (non-hydrogen) atoms. The minimum Gasteiger partial charge on any atom is -0.465 e. The van der Waals surface area contributed by atoms with Gasteiger partial charge in [0.1, 0.15) is 11.7 Å². The lowest BCUT2D eigenvalue weighted by molar-refractivity contribution is -0.144. The van der Waals surface area contributed by atoms with E-state index in [1.54, 1.807) is 6.92 Å². The molecule has 0 spiro atoms. The van der Waals surface area contributed by atoms with Crippen molar-refractivity contribution in [3.8, 4) is 0 Å². The Labute approximate surface area is 87.3 Å². The monoisotopic (exact) mass is 212 g/mol. The predicted octanol–water partition coefficient (Wildman–Crippen LogP) is 0.826. The first-order chi connectivity index (χ1) is 7.19. The van der Waals surface area contributed by atoms with E-state index in [0.717, 1.165) is 6.20 Å². The first-order valence-corrected chi connectivity index (χ1v) is 4.67. The summed E-state index contributed by atoms with van der Waals surface area (Å²) in [6.45, 7) is 2.09. The van der Waals surface area contributed by atoms with Crippen molar-refractivity contribution in [3.63, 3.8) is 0 Å². The van der Waals surface area contributed by atoms with Gasteiger partial charge in [-0.2, -0.15) is 0 Å². The maximum atomic E-state index is 12.6. The molecular formula is C10H13FN2O2. The van der Waals surface area contributed by atoms with Gasteiger partial charge in [-0.25, -0.2) is 4.39 Å². The number of esters is 1. The highest BCUT2D eigenvalue weighted by atomic mass is 19.1. The zero-order chi connectivity index (χ0) is 11.3. The minimum atomic E-state index is -0.620. The van der Waals surface area contributed by atoms with Gasteiger partial charge < -0.3 is 10.5 Å². The van der Waals surface area contributed by atoms with Gasteiger partial charge in [0.15, 0.2) is 0 Å². The number of pyridine rings is 1. The van der Waals surface area contributed by atoms with Crippen LogP contribution in [0.1, 0.15) is 18.5 Å². The number of nitrogens with two attached hydrogens (primary N) is 1. The Kier molecular flexibility index (Phi) is 4.17. The summed E-state index contributed by atoms with van der Waals surface area (Å²) >= 11 is 0. The van der Waals surface area contributed by atoms with Crippen molar-refractivity contribution in [1.29, 1.82) is 0 Å². The van der Waals surface area contributed by atoms with E-state index < -0.39 is 17.7 Å². The van der Waals surface area contributed by atoms with E-state index in [1.807, 2.05) is 0 Å². The summed E-state index contributed by atoms with van der Waals surface area (Å²) in [5.74, 6) is -1.50. The molecule has 0 bridgehead atoms. The third-order valence-corrected chi connectivity index (χ3v) is 1.91. The normalized spacial score (nSPS) is 12.2. The van der Waals surface area contributed by atoms with Gasteiger partial charge in [-0.15, -0.1) is 0 Å². The van der Waals surface area contributed by atoms with E-state index in [2.05, 4.69) is 4.98 Å². The predicted molar refractivity (Wildman–Crippen MR) is 52.6 cm³/mol. The summed E-state index contributed by atoms with van der Waals surface area (Å²) in [5, 5.41) is 0.